The highest BCUT2D eigenvalue weighted by molar-refractivity contribution is 4.97. The van der Waals surface area contributed by atoms with Gasteiger partial charge in [0.1, 0.15) is 0 Å². The van der Waals surface area contributed by atoms with Crippen molar-refractivity contribution < 1.29 is 0 Å². The molecule has 0 nitrogen and oxygen atoms in total. The molecule has 1 atom stereocenters. The first-order valence-electron chi connectivity index (χ1n) is 5.32. The van der Waals surface area contributed by atoms with Gasteiger partial charge in [-0.25, -0.2) is 0 Å². The lowest BCUT2D eigenvalue weighted by Gasteiger charge is -2.28. The van der Waals surface area contributed by atoms with Crippen molar-refractivity contribution in [2.45, 2.75) is 52.9 Å². The topological polar surface area (TPSA) is 0 Å². The predicted octanol–water partition coefficient (Wildman–Crippen LogP) is 4.17. The first kappa shape index (κ1) is 9.83. The highest BCUT2D eigenvalue weighted by Crippen LogP contribution is 2.33. The van der Waals surface area contributed by atoms with Gasteiger partial charge in [0, 0.05) is 0 Å². The molecule has 0 spiro atoms. The maximum Gasteiger partial charge on any atom is -0.0172 e. The molecule has 0 aromatic rings. The Morgan fingerprint density at radius 3 is 2.83 bits per heavy atom. The normalized spacial score (nSPS) is 32.1. The van der Waals surface area contributed by atoms with Gasteiger partial charge in [-0.15, -0.1) is 0 Å². The van der Waals surface area contributed by atoms with Gasteiger partial charge in [-0.2, -0.15) is 0 Å². The van der Waals surface area contributed by atoms with Crippen molar-refractivity contribution in [3.8, 4) is 0 Å². The summed E-state index contributed by atoms with van der Waals surface area (Å²) in [4.78, 5) is 0. The standard InChI is InChI=1S/C12H22/c1-4-11-8-6-5-7-9-12(2,3)10-11/h7,9,11H,4-6,8,10H2,1-3H3/b9-7-. The van der Waals surface area contributed by atoms with Crippen LogP contribution in [0.15, 0.2) is 12.2 Å². The molecule has 0 radical (unpaired) electrons. The van der Waals surface area contributed by atoms with E-state index in [9.17, 15) is 0 Å². The molecule has 0 saturated heterocycles. The van der Waals surface area contributed by atoms with E-state index in [2.05, 4.69) is 32.9 Å². The summed E-state index contributed by atoms with van der Waals surface area (Å²) in [6.07, 6.45) is 11.6. The second kappa shape index (κ2) is 4.11. The third-order valence-corrected chi connectivity index (χ3v) is 2.94. The van der Waals surface area contributed by atoms with E-state index >= 15 is 0 Å². The largest absolute Gasteiger partial charge is 0.0880 e. The summed E-state index contributed by atoms with van der Waals surface area (Å²) >= 11 is 0. The Bertz CT molecular complexity index is 153. The highest BCUT2D eigenvalue weighted by Gasteiger charge is 2.20. The van der Waals surface area contributed by atoms with Crippen molar-refractivity contribution in [2.75, 3.05) is 0 Å². The van der Waals surface area contributed by atoms with Crippen molar-refractivity contribution in [2.24, 2.45) is 11.3 Å². The molecule has 0 fully saturated rings. The van der Waals surface area contributed by atoms with Gasteiger partial charge in [0.15, 0.2) is 0 Å². The van der Waals surface area contributed by atoms with Crippen molar-refractivity contribution in [1.29, 1.82) is 0 Å². The summed E-state index contributed by atoms with van der Waals surface area (Å²) in [6, 6.07) is 0. The fourth-order valence-corrected chi connectivity index (χ4v) is 2.19. The number of hydrogen-bond acceptors (Lipinski definition) is 0. The van der Waals surface area contributed by atoms with Gasteiger partial charge >= 0.3 is 0 Å². The molecule has 0 aromatic heterocycles. The quantitative estimate of drug-likeness (QED) is 0.513. The summed E-state index contributed by atoms with van der Waals surface area (Å²) in [6.45, 7) is 7.04. The number of rotatable bonds is 1. The molecule has 1 unspecified atom stereocenters. The lowest BCUT2D eigenvalue weighted by Crippen LogP contribution is -2.15. The molecule has 0 aromatic carbocycles. The lowest BCUT2D eigenvalue weighted by atomic mass is 9.78. The Balaban J connectivity index is 2.58. The maximum absolute atomic E-state index is 2.41. The van der Waals surface area contributed by atoms with E-state index in [1.807, 2.05) is 0 Å². The van der Waals surface area contributed by atoms with Crippen molar-refractivity contribution in [3.63, 3.8) is 0 Å². The molecule has 1 aliphatic rings. The monoisotopic (exact) mass is 166 g/mol. The van der Waals surface area contributed by atoms with Gasteiger partial charge in [0.25, 0.3) is 0 Å². The van der Waals surface area contributed by atoms with E-state index in [-0.39, 0.29) is 0 Å². The minimum Gasteiger partial charge on any atom is -0.0880 e. The highest BCUT2D eigenvalue weighted by atomic mass is 14.3. The molecule has 0 aliphatic heterocycles. The SMILES string of the molecule is CCC1CCC/C=C\C(C)(C)C1. The van der Waals surface area contributed by atoms with Crippen molar-refractivity contribution in [1.82, 2.24) is 0 Å². The average molecular weight is 166 g/mol. The van der Waals surface area contributed by atoms with Crippen LogP contribution in [0.2, 0.25) is 0 Å². The Hall–Kier alpha value is -0.260. The lowest BCUT2D eigenvalue weighted by molar-refractivity contribution is 0.298. The van der Waals surface area contributed by atoms with Gasteiger partial charge in [-0.1, -0.05) is 45.8 Å². The fraction of sp³-hybridized carbons (Fsp3) is 0.833. The molecule has 12 heavy (non-hydrogen) atoms. The first-order chi connectivity index (χ1) is 5.64. The van der Waals surface area contributed by atoms with E-state index in [0.717, 1.165) is 5.92 Å². The third kappa shape index (κ3) is 3.00. The van der Waals surface area contributed by atoms with Crippen LogP contribution in [0.3, 0.4) is 0 Å². The molecule has 0 amide bonds. The zero-order valence-electron chi connectivity index (χ0n) is 8.77. The van der Waals surface area contributed by atoms with E-state index < -0.39 is 0 Å². The second-order valence-corrected chi connectivity index (χ2v) is 4.80. The summed E-state index contributed by atoms with van der Waals surface area (Å²) in [5.74, 6) is 0.963. The van der Waals surface area contributed by atoms with Gasteiger partial charge < -0.3 is 0 Å². The first-order valence-corrected chi connectivity index (χ1v) is 5.32. The number of hydrogen-bond donors (Lipinski definition) is 0. The molecule has 0 N–H and O–H groups in total. The van der Waals surface area contributed by atoms with Gasteiger partial charge in [0.05, 0.1) is 0 Å². The van der Waals surface area contributed by atoms with E-state index in [1.165, 1.54) is 32.1 Å². The van der Waals surface area contributed by atoms with E-state index in [0.29, 0.717) is 5.41 Å². The van der Waals surface area contributed by atoms with Crippen LogP contribution in [0.4, 0.5) is 0 Å². The van der Waals surface area contributed by atoms with E-state index in [1.54, 1.807) is 0 Å². The van der Waals surface area contributed by atoms with Gasteiger partial charge in [-0.05, 0) is 30.6 Å². The van der Waals surface area contributed by atoms with Crippen LogP contribution < -0.4 is 0 Å². The zero-order chi connectivity index (χ0) is 9.03. The molecule has 0 heterocycles. The molecule has 1 aliphatic carbocycles. The minimum absolute atomic E-state index is 0.446. The van der Waals surface area contributed by atoms with Crippen LogP contribution in [0.25, 0.3) is 0 Å². The number of allylic oxidation sites excluding steroid dienone is 2. The Morgan fingerprint density at radius 2 is 2.17 bits per heavy atom. The van der Waals surface area contributed by atoms with Gasteiger partial charge in [0.2, 0.25) is 0 Å². The molecule has 1 rings (SSSR count). The molecule has 0 saturated carbocycles. The molecular weight excluding hydrogens is 144 g/mol. The zero-order valence-corrected chi connectivity index (χ0v) is 8.77. The smallest absolute Gasteiger partial charge is 0.0172 e. The Labute approximate surface area is 77.1 Å². The minimum atomic E-state index is 0.446. The molecule has 0 bridgehead atoms. The second-order valence-electron chi connectivity index (χ2n) is 4.80. The average Bonchev–Trinajstić information content (AvgIpc) is 1.97. The van der Waals surface area contributed by atoms with Gasteiger partial charge in [-0.3, -0.25) is 0 Å². The van der Waals surface area contributed by atoms with E-state index in [4.69, 9.17) is 0 Å². The van der Waals surface area contributed by atoms with Crippen LogP contribution in [0.1, 0.15) is 52.9 Å². The molecule has 70 valence electrons. The van der Waals surface area contributed by atoms with Crippen LogP contribution in [-0.2, 0) is 0 Å². The van der Waals surface area contributed by atoms with Crippen molar-refractivity contribution >= 4 is 0 Å². The molecular formula is C12H22. The molecule has 0 heteroatoms. The van der Waals surface area contributed by atoms with Crippen LogP contribution >= 0.6 is 0 Å². The summed E-state index contributed by atoms with van der Waals surface area (Å²) in [5.41, 5.74) is 0.446. The van der Waals surface area contributed by atoms with Crippen LogP contribution in [-0.4, -0.2) is 0 Å². The van der Waals surface area contributed by atoms with Crippen LogP contribution in [0, 0.1) is 11.3 Å². The third-order valence-electron chi connectivity index (χ3n) is 2.94. The predicted molar refractivity (Wildman–Crippen MR) is 55.2 cm³/mol. The fourth-order valence-electron chi connectivity index (χ4n) is 2.19. The maximum atomic E-state index is 2.41. The summed E-state index contributed by atoms with van der Waals surface area (Å²) in [7, 11) is 0. The van der Waals surface area contributed by atoms with Crippen LogP contribution in [0.5, 0.6) is 0 Å². The van der Waals surface area contributed by atoms with Crippen molar-refractivity contribution in [3.05, 3.63) is 12.2 Å². The Kier molecular flexibility index (Phi) is 3.37. The Morgan fingerprint density at radius 1 is 1.42 bits per heavy atom. The summed E-state index contributed by atoms with van der Waals surface area (Å²) < 4.78 is 0. The summed E-state index contributed by atoms with van der Waals surface area (Å²) in [5, 5.41) is 0.